The van der Waals surface area contributed by atoms with Gasteiger partial charge < -0.3 is 28.5 Å². The Labute approximate surface area is 164 Å². The fourth-order valence-electron chi connectivity index (χ4n) is 3.52. The molecule has 0 saturated carbocycles. The molecule has 1 saturated heterocycles. The van der Waals surface area contributed by atoms with E-state index in [1.807, 2.05) is 0 Å². The fraction of sp³-hybridized carbons (Fsp3) is 0.900. The van der Waals surface area contributed by atoms with Crippen LogP contribution in [0.5, 0.6) is 0 Å². The normalized spacial score (nSPS) is 16.5. The summed E-state index contributed by atoms with van der Waals surface area (Å²) < 4.78 is 1.31. The summed E-state index contributed by atoms with van der Waals surface area (Å²) in [7, 11) is -0.822. The number of quaternary nitrogens is 1. The molecular formula is C20H40INSi. The van der Waals surface area contributed by atoms with Crippen LogP contribution in [0.15, 0.2) is 0 Å². The van der Waals surface area contributed by atoms with E-state index in [9.17, 15) is 0 Å². The molecule has 1 aliphatic heterocycles. The van der Waals surface area contributed by atoms with E-state index in [1.54, 1.807) is 0 Å². The average Bonchev–Trinajstić information content (AvgIpc) is 2.90. The van der Waals surface area contributed by atoms with Crippen LogP contribution < -0.4 is 24.0 Å². The summed E-state index contributed by atoms with van der Waals surface area (Å²) in [5, 5.41) is 0. The summed E-state index contributed by atoms with van der Waals surface area (Å²) in [5.74, 6) is 6.95. The number of hydrogen-bond donors (Lipinski definition) is 0. The van der Waals surface area contributed by atoms with Gasteiger partial charge in [-0.3, -0.25) is 0 Å². The van der Waals surface area contributed by atoms with Crippen molar-refractivity contribution in [1.82, 2.24) is 0 Å². The molecule has 0 aliphatic carbocycles. The highest BCUT2D eigenvalue weighted by molar-refractivity contribution is 6.76. The van der Waals surface area contributed by atoms with Gasteiger partial charge in [0, 0.05) is 27.3 Å². The number of likely N-dealkylation sites (tertiary alicyclic amines) is 1. The molecular weight excluding hydrogens is 409 g/mol. The molecule has 136 valence electrons. The van der Waals surface area contributed by atoms with Gasteiger partial charge in [0.05, 0.1) is 19.6 Å². The lowest BCUT2D eigenvalue weighted by Gasteiger charge is -2.32. The molecule has 0 unspecified atom stereocenters. The molecule has 1 heterocycles. The summed E-state index contributed by atoms with van der Waals surface area (Å²) >= 11 is 0. The molecule has 0 radical (unpaired) electrons. The summed E-state index contributed by atoms with van der Waals surface area (Å²) in [6.07, 6.45) is 12.2. The van der Waals surface area contributed by atoms with Gasteiger partial charge in [-0.2, -0.15) is 0 Å². The number of halogens is 1. The minimum absolute atomic E-state index is 0. The van der Waals surface area contributed by atoms with Crippen molar-refractivity contribution in [3.63, 3.8) is 0 Å². The topological polar surface area (TPSA) is 0 Å². The van der Waals surface area contributed by atoms with Crippen LogP contribution in [0.25, 0.3) is 0 Å². The monoisotopic (exact) mass is 449 g/mol. The molecule has 1 nitrogen and oxygen atoms in total. The van der Waals surface area contributed by atoms with E-state index in [-0.39, 0.29) is 24.0 Å². The minimum atomic E-state index is -0.822. The van der Waals surface area contributed by atoms with Crippen molar-refractivity contribution in [2.24, 2.45) is 0 Å². The highest BCUT2D eigenvalue weighted by Gasteiger charge is 2.30. The third-order valence-corrected chi connectivity index (χ3v) is 6.87. The van der Waals surface area contributed by atoms with Crippen molar-refractivity contribution in [3.05, 3.63) is 0 Å². The smallest absolute Gasteiger partial charge is 0.140 e. The molecule has 1 fully saturated rings. The highest BCUT2D eigenvalue weighted by Crippen LogP contribution is 2.21. The van der Waals surface area contributed by atoms with Gasteiger partial charge in [-0.25, -0.2) is 0 Å². The van der Waals surface area contributed by atoms with Gasteiger partial charge in [0.2, 0.25) is 0 Å². The second-order valence-electron chi connectivity index (χ2n) is 8.56. The Bertz CT molecular complexity index is 345. The zero-order valence-electron chi connectivity index (χ0n) is 16.2. The lowest BCUT2D eigenvalue weighted by atomic mass is 10.2. The summed E-state index contributed by atoms with van der Waals surface area (Å²) in [5.41, 5.74) is 0. The Hall–Kier alpha value is 0.467. The molecule has 0 aromatic carbocycles. The average molecular weight is 450 g/mol. The lowest BCUT2D eigenvalue weighted by molar-refractivity contribution is -0.910. The summed E-state index contributed by atoms with van der Waals surface area (Å²) in [6.45, 7) is 15.0. The Morgan fingerprint density at radius 1 is 0.870 bits per heavy atom. The maximum atomic E-state index is 3.52. The first kappa shape index (κ1) is 23.5. The molecule has 0 amide bonds. The van der Waals surface area contributed by atoms with Crippen molar-refractivity contribution in [1.29, 1.82) is 0 Å². The SMILES string of the molecule is CCCCCC#CC[N+]1(CCCCC[Si](C)(C)C)CCCC1.[I-]. The first-order chi connectivity index (χ1) is 10.5. The van der Waals surface area contributed by atoms with Crippen molar-refractivity contribution >= 4 is 8.07 Å². The van der Waals surface area contributed by atoms with Crippen molar-refractivity contribution in [3.8, 4) is 11.8 Å². The van der Waals surface area contributed by atoms with Crippen molar-refractivity contribution < 1.29 is 28.5 Å². The minimum Gasteiger partial charge on any atom is -1.00 e. The van der Waals surface area contributed by atoms with Crippen LogP contribution in [-0.2, 0) is 0 Å². The Morgan fingerprint density at radius 3 is 2.17 bits per heavy atom. The van der Waals surface area contributed by atoms with Gasteiger partial charge in [0.25, 0.3) is 0 Å². The highest BCUT2D eigenvalue weighted by atomic mass is 127. The maximum absolute atomic E-state index is 3.52. The number of hydrogen-bond acceptors (Lipinski definition) is 0. The maximum Gasteiger partial charge on any atom is 0.140 e. The van der Waals surface area contributed by atoms with Crippen LogP contribution in [0, 0.1) is 11.8 Å². The van der Waals surface area contributed by atoms with E-state index in [0.29, 0.717) is 0 Å². The van der Waals surface area contributed by atoms with E-state index < -0.39 is 8.07 Å². The fourth-order valence-corrected chi connectivity index (χ4v) is 4.83. The second-order valence-corrected chi connectivity index (χ2v) is 14.2. The Kier molecular flexibility index (Phi) is 13.0. The zero-order chi connectivity index (χ0) is 16.3. The van der Waals surface area contributed by atoms with Crippen LogP contribution in [-0.4, -0.2) is 38.7 Å². The molecule has 0 aromatic heterocycles. The van der Waals surface area contributed by atoms with E-state index >= 15 is 0 Å². The van der Waals surface area contributed by atoms with Gasteiger partial charge >= 0.3 is 0 Å². The van der Waals surface area contributed by atoms with E-state index in [4.69, 9.17) is 0 Å². The molecule has 23 heavy (non-hydrogen) atoms. The zero-order valence-corrected chi connectivity index (χ0v) is 19.4. The molecule has 0 spiro atoms. The van der Waals surface area contributed by atoms with Crippen LogP contribution in [0.4, 0.5) is 0 Å². The van der Waals surface area contributed by atoms with Gasteiger partial charge in [-0.05, 0) is 25.2 Å². The molecule has 0 atom stereocenters. The molecule has 0 aromatic rings. The molecule has 0 N–H and O–H groups in total. The van der Waals surface area contributed by atoms with Crippen LogP contribution in [0.1, 0.15) is 64.7 Å². The van der Waals surface area contributed by atoms with Gasteiger partial charge in [-0.15, -0.1) is 0 Å². The Balaban J connectivity index is 0.00000484. The third kappa shape index (κ3) is 11.6. The van der Waals surface area contributed by atoms with E-state index in [2.05, 4.69) is 38.4 Å². The van der Waals surface area contributed by atoms with E-state index in [1.165, 1.54) is 81.5 Å². The quantitative estimate of drug-likeness (QED) is 0.158. The van der Waals surface area contributed by atoms with Crippen molar-refractivity contribution in [2.45, 2.75) is 90.4 Å². The van der Waals surface area contributed by atoms with Crippen LogP contribution in [0.2, 0.25) is 25.7 Å². The second kappa shape index (κ2) is 12.8. The van der Waals surface area contributed by atoms with Gasteiger partial charge in [-0.1, -0.05) is 57.8 Å². The van der Waals surface area contributed by atoms with Gasteiger partial charge in [0.1, 0.15) is 6.54 Å². The largest absolute Gasteiger partial charge is 1.00 e. The summed E-state index contributed by atoms with van der Waals surface area (Å²) in [6, 6.07) is 1.50. The first-order valence-electron chi connectivity index (χ1n) is 9.78. The standard InChI is InChI=1S/C20H40NSi.HI/c1-5-6-7-8-9-11-16-21(18-13-14-19-21)17-12-10-15-20-22(2,3)4;/h5-8,10,12-20H2,1-4H3;1H/q+1;/p-1. The lowest BCUT2D eigenvalue weighted by Crippen LogP contribution is -3.00. The van der Waals surface area contributed by atoms with Crippen molar-refractivity contribution in [2.75, 3.05) is 26.2 Å². The molecule has 3 heteroatoms. The predicted molar refractivity (Wildman–Crippen MR) is 103 cm³/mol. The molecule has 1 rings (SSSR count). The van der Waals surface area contributed by atoms with Gasteiger partial charge in [0.15, 0.2) is 0 Å². The molecule has 0 bridgehead atoms. The van der Waals surface area contributed by atoms with Crippen LogP contribution >= 0.6 is 0 Å². The van der Waals surface area contributed by atoms with E-state index in [0.717, 1.165) is 13.0 Å². The third-order valence-electron chi connectivity index (χ3n) is 5.02. The predicted octanol–water partition coefficient (Wildman–Crippen LogP) is 2.69. The number of unbranched alkanes of at least 4 members (excludes halogenated alkanes) is 5. The first-order valence-corrected chi connectivity index (χ1v) is 13.5. The van der Waals surface area contributed by atoms with Crippen LogP contribution in [0.3, 0.4) is 0 Å². The Morgan fingerprint density at radius 2 is 1.57 bits per heavy atom. The number of nitrogens with zero attached hydrogens (tertiary/aromatic N) is 1. The number of rotatable bonds is 10. The summed E-state index contributed by atoms with van der Waals surface area (Å²) in [4.78, 5) is 0. The molecule has 1 aliphatic rings.